The smallest absolute Gasteiger partial charge is 0.211 e. The highest BCUT2D eigenvalue weighted by atomic mass is 32.2. The van der Waals surface area contributed by atoms with Gasteiger partial charge in [0.1, 0.15) is 6.67 Å². The monoisotopic (exact) mass is 153 g/mol. The number of hydrogen-bond acceptors (Lipinski definition) is 2. The Bertz CT molecular complexity index is 189. The van der Waals surface area contributed by atoms with Gasteiger partial charge in [-0.2, -0.15) is 0 Å². The van der Waals surface area contributed by atoms with Crippen LogP contribution in [-0.4, -0.2) is 26.9 Å². The van der Waals surface area contributed by atoms with Crippen LogP contribution < -0.4 is 4.72 Å². The van der Waals surface area contributed by atoms with E-state index < -0.39 is 22.7 Å². The Balaban J connectivity index is 2.58. The first kappa shape index (κ1) is 6.95. The van der Waals surface area contributed by atoms with Crippen molar-refractivity contribution in [1.82, 2.24) is 4.72 Å². The summed E-state index contributed by atoms with van der Waals surface area (Å²) in [7, 11) is -3.10. The van der Waals surface area contributed by atoms with Crippen LogP contribution in [0.1, 0.15) is 6.42 Å². The van der Waals surface area contributed by atoms with Crippen LogP contribution >= 0.6 is 0 Å². The molecule has 1 heterocycles. The maximum absolute atomic E-state index is 11.7. The van der Waals surface area contributed by atoms with Gasteiger partial charge in [-0.05, 0) is 6.42 Å². The molecule has 0 amide bonds. The molecule has 0 aromatic rings. The molecule has 0 radical (unpaired) electrons. The molecule has 0 spiro atoms. The molecule has 1 aliphatic heterocycles. The molecule has 9 heavy (non-hydrogen) atoms. The lowest BCUT2D eigenvalue weighted by Crippen LogP contribution is -2.26. The quantitative estimate of drug-likeness (QED) is 0.559. The molecule has 1 atom stereocenters. The average molecular weight is 153 g/mol. The summed E-state index contributed by atoms with van der Waals surface area (Å²) >= 11 is 0. The van der Waals surface area contributed by atoms with Crippen LogP contribution in [0.3, 0.4) is 0 Å². The molecule has 1 N–H and O–H groups in total. The van der Waals surface area contributed by atoms with E-state index in [0.29, 0.717) is 6.42 Å². The third-order valence-electron chi connectivity index (χ3n) is 1.27. The van der Waals surface area contributed by atoms with Gasteiger partial charge in [-0.25, -0.2) is 17.5 Å². The number of nitrogens with one attached hydrogen (secondary N) is 1. The van der Waals surface area contributed by atoms with Gasteiger partial charge in [0.25, 0.3) is 0 Å². The minimum Gasteiger partial charge on any atom is -0.249 e. The van der Waals surface area contributed by atoms with Crippen molar-refractivity contribution in [1.29, 1.82) is 0 Å². The maximum atomic E-state index is 11.7. The van der Waals surface area contributed by atoms with Crippen molar-refractivity contribution in [2.45, 2.75) is 12.5 Å². The molecule has 1 fully saturated rings. The molecule has 1 rings (SSSR count). The van der Waals surface area contributed by atoms with E-state index in [2.05, 4.69) is 4.72 Å². The van der Waals surface area contributed by atoms with Crippen molar-refractivity contribution < 1.29 is 12.8 Å². The van der Waals surface area contributed by atoms with Crippen molar-refractivity contribution in [3.8, 4) is 0 Å². The second-order valence-corrected chi connectivity index (χ2v) is 3.95. The number of hydrogen-bond donors (Lipinski definition) is 1. The fraction of sp³-hybridized carbons (Fsp3) is 1.00. The van der Waals surface area contributed by atoms with Gasteiger partial charge >= 0.3 is 0 Å². The van der Waals surface area contributed by atoms with E-state index in [1.165, 1.54) is 0 Å². The summed E-state index contributed by atoms with van der Waals surface area (Å²) in [5, 5.41) is 0. The molecule has 5 heteroatoms. The van der Waals surface area contributed by atoms with Gasteiger partial charge in [0.15, 0.2) is 0 Å². The van der Waals surface area contributed by atoms with Crippen molar-refractivity contribution in [2.24, 2.45) is 0 Å². The summed E-state index contributed by atoms with van der Waals surface area (Å²) in [4.78, 5) is 0. The lowest BCUT2D eigenvalue weighted by atomic mass is 10.3. The van der Waals surface area contributed by atoms with Crippen molar-refractivity contribution in [3.05, 3.63) is 0 Å². The predicted molar refractivity (Wildman–Crippen MR) is 31.3 cm³/mol. The summed E-state index contributed by atoms with van der Waals surface area (Å²) in [6.45, 7) is -0.598. The number of alkyl halides is 1. The third kappa shape index (κ3) is 1.62. The minimum atomic E-state index is -3.10. The van der Waals surface area contributed by atoms with E-state index in [1.807, 2.05) is 0 Å². The highest BCUT2D eigenvalue weighted by Crippen LogP contribution is 2.06. The standard InChI is InChI=1S/C4H8FNO2S/c5-3-4-1-2-9(7,8)6-4/h4,6H,1-3H2. The van der Waals surface area contributed by atoms with Gasteiger partial charge < -0.3 is 0 Å². The lowest BCUT2D eigenvalue weighted by Gasteiger charge is -1.98. The zero-order chi connectivity index (χ0) is 6.91. The van der Waals surface area contributed by atoms with Crippen LogP contribution in [0, 0.1) is 0 Å². The zero-order valence-corrected chi connectivity index (χ0v) is 5.62. The van der Waals surface area contributed by atoms with E-state index in [0.717, 1.165) is 0 Å². The number of rotatable bonds is 1. The highest BCUT2D eigenvalue weighted by Gasteiger charge is 2.25. The Labute approximate surface area is 53.3 Å². The summed E-state index contributed by atoms with van der Waals surface area (Å²) < 4.78 is 34.9. The molecule has 0 aromatic heterocycles. The normalized spacial score (nSPS) is 32.8. The Morgan fingerprint density at radius 2 is 2.33 bits per heavy atom. The molecule has 1 saturated heterocycles. The molecule has 1 unspecified atom stereocenters. The summed E-state index contributed by atoms with van der Waals surface area (Å²) in [6, 6.07) is -0.463. The maximum Gasteiger partial charge on any atom is 0.211 e. The Kier molecular flexibility index (Phi) is 1.72. The van der Waals surface area contributed by atoms with E-state index in [1.54, 1.807) is 0 Å². The molecule has 3 nitrogen and oxygen atoms in total. The topological polar surface area (TPSA) is 46.2 Å². The van der Waals surface area contributed by atoms with Crippen LogP contribution in [0.15, 0.2) is 0 Å². The molecule has 54 valence electrons. The fourth-order valence-corrected chi connectivity index (χ4v) is 2.18. The summed E-state index contributed by atoms with van der Waals surface area (Å²) in [5.74, 6) is 0.0710. The van der Waals surface area contributed by atoms with Gasteiger partial charge in [0, 0.05) is 0 Å². The van der Waals surface area contributed by atoms with Crippen molar-refractivity contribution in [3.63, 3.8) is 0 Å². The molecule has 0 saturated carbocycles. The third-order valence-corrected chi connectivity index (χ3v) is 2.73. The van der Waals surface area contributed by atoms with Crippen LogP contribution in [0.2, 0.25) is 0 Å². The number of sulfonamides is 1. The van der Waals surface area contributed by atoms with E-state index >= 15 is 0 Å². The lowest BCUT2D eigenvalue weighted by molar-refractivity contribution is 0.415. The Morgan fingerprint density at radius 1 is 1.67 bits per heavy atom. The van der Waals surface area contributed by atoms with E-state index in [9.17, 15) is 12.8 Å². The zero-order valence-electron chi connectivity index (χ0n) is 4.80. The Morgan fingerprint density at radius 3 is 2.56 bits per heavy atom. The van der Waals surface area contributed by atoms with Gasteiger partial charge in [-0.1, -0.05) is 0 Å². The predicted octanol–water partition coefficient (Wildman–Crippen LogP) is -0.352. The van der Waals surface area contributed by atoms with Crippen molar-refractivity contribution >= 4 is 10.0 Å². The van der Waals surface area contributed by atoms with Gasteiger partial charge in [-0.3, -0.25) is 0 Å². The summed E-state index contributed by atoms with van der Waals surface area (Å²) in [6.07, 6.45) is 0.402. The van der Waals surface area contributed by atoms with Gasteiger partial charge in [-0.15, -0.1) is 0 Å². The van der Waals surface area contributed by atoms with Crippen LogP contribution in [0.4, 0.5) is 4.39 Å². The van der Waals surface area contributed by atoms with E-state index in [4.69, 9.17) is 0 Å². The second kappa shape index (κ2) is 2.22. The van der Waals surface area contributed by atoms with Gasteiger partial charge in [0.05, 0.1) is 11.8 Å². The summed E-state index contributed by atoms with van der Waals surface area (Å²) in [5.41, 5.74) is 0. The van der Waals surface area contributed by atoms with Crippen LogP contribution in [-0.2, 0) is 10.0 Å². The van der Waals surface area contributed by atoms with Crippen LogP contribution in [0.25, 0.3) is 0 Å². The van der Waals surface area contributed by atoms with Crippen molar-refractivity contribution in [2.75, 3.05) is 12.4 Å². The fourth-order valence-electron chi connectivity index (χ4n) is 0.778. The largest absolute Gasteiger partial charge is 0.249 e. The molecule has 1 aliphatic rings. The highest BCUT2D eigenvalue weighted by molar-refractivity contribution is 7.89. The first-order valence-corrected chi connectivity index (χ1v) is 4.35. The number of halogens is 1. The SMILES string of the molecule is O=S1(=O)CCC(CF)N1. The Hall–Kier alpha value is -0.160. The average Bonchev–Trinajstić information content (AvgIpc) is 2.10. The molecule has 0 aliphatic carbocycles. The molecule has 0 aromatic carbocycles. The molecule has 0 bridgehead atoms. The van der Waals surface area contributed by atoms with E-state index in [-0.39, 0.29) is 5.75 Å². The van der Waals surface area contributed by atoms with Crippen LogP contribution in [0.5, 0.6) is 0 Å². The van der Waals surface area contributed by atoms with Gasteiger partial charge in [0.2, 0.25) is 10.0 Å². The molecular formula is C4H8FNO2S. The molecular weight excluding hydrogens is 145 g/mol. The second-order valence-electron chi connectivity index (χ2n) is 2.08. The minimum absolute atomic E-state index is 0.0710. The first-order valence-electron chi connectivity index (χ1n) is 2.70. The first-order chi connectivity index (χ1) is 4.14.